The summed E-state index contributed by atoms with van der Waals surface area (Å²) in [5, 5.41) is 69.0. The lowest BCUT2D eigenvalue weighted by Gasteiger charge is -2.11. The van der Waals surface area contributed by atoms with E-state index in [1.165, 1.54) is 0 Å². The maximum absolute atomic E-state index is 11.1. The fourth-order valence-electron chi connectivity index (χ4n) is 2.29. The Bertz CT molecular complexity index is 1070. The van der Waals surface area contributed by atoms with Gasteiger partial charge in [-0.3, -0.25) is 49.8 Å². The second kappa shape index (κ2) is 8.42. The van der Waals surface area contributed by atoms with E-state index in [0.29, 0.717) is 0 Å². The molecule has 0 spiro atoms. The first-order valence-electron chi connectivity index (χ1n) is 7.36. The van der Waals surface area contributed by atoms with E-state index in [1.807, 2.05) is 0 Å². The van der Waals surface area contributed by atoms with Gasteiger partial charge in [0.15, 0.2) is 0 Å². The zero-order chi connectivity index (χ0) is 24.3. The zero-order valence-corrected chi connectivity index (χ0v) is 14.7. The monoisotopic (exact) mass is 460 g/mol. The van der Waals surface area contributed by atoms with Crippen molar-refractivity contribution >= 4 is 34.6 Å². The minimum absolute atomic E-state index is 0.272. The van der Waals surface area contributed by atoms with Crippen LogP contribution in [0, 0.1) is 60.7 Å². The van der Waals surface area contributed by atoms with Crippen molar-refractivity contribution in [1.29, 1.82) is 0 Å². The number of nitro groups is 6. The van der Waals surface area contributed by atoms with Gasteiger partial charge < -0.3 is 20.2 Å². The molecule has 0 aliphatic heterocycles. The molecule has 0 aromatic carbocycles. The molecule has 0 N–H and O–H groups in total. The molecule has 0 radical (unpaired) electrons. The Morgan fingerprint density at radius 3 is 1.12 bits per heavy atom. The van der Waals surface area contributed by atoms with Crippen molar-refractivity contribution in [2.45, 2.75) is 13.1 Å². The third kappa shape index (κ3) is 4.36. The van der Waals surface area contributed by atoms with Gasteiger partial charge in [0.05, 0.1) is 19.9 Å². The van der Waals surface area contributed by atoms with E-state index in [4.69, 9.17) is 0 Å². The number of hydrogen-bond acceptors (Lipinski definition) is 14. The minimum Gasteiger partial charge on any atom is -0.358 e. The molecule has 32 heavy (non-hydrogen) atoms. The first-order chi connectivity index (χ1) is 14.8. The summed E-state index contributed by atoms with van der Waals surface area (Å²) < 4.78 is 0.544. The lowest BCUT2D eigenvalue weighted by Crippen LogP contribution is -2.11. The molecule has 2 aromatic heterocycles. The van der Waals surface area contributed by atoms with Crippen LogP contribution < -0.4 is 0 Å². The van der Waals surface area contributed by atoms with Crippen LogP contribution in [0.4, 0.5) is 34.6 Å². The Hall–Kier alpha value is -5.58. The molecule has 0 saturated carbocycles. The van der Waals surface area contributed by atoms with Gasteiger partial charge in [-0.2, -0.15) is 0 Å². The van der Waals surface area contributed by atoms with Crippen molar-refractivity contribution in [2.24, 2.45) is 0 Å². The van der Waals surface area contributed by atoms with Gasteiger partial charge >= 0.3 is 23.0 Å². The number of aromatic nitrogens is 4. The SMILES string of the molecule is O=[N+]([O-])[N-]c1c([N+](=O)[O-])c([N+](=O)[O-])nn1CCn1nc([N+](=O)[O-])c([N+](=O)[O-])c1[N-][N+](=O)[O-]. The molecule has 0 aliphatic carbocycles. The standard InChI is InChI=1S/C8H4N12O12/c21-15(22)3-5(11-19(29)30)13(9-7(3)17(25)26)1-2-14-6(12-20(31)32)4(16(23)24)8(10-14)18(27)28/h1-2H2/q-2. The molecule has 0 amide bonds. The average molecular weight is 460 g/mol. The predicted octanol–water partition coefficient (Wildman–Crippen LogP) is 0.806. The summed E-state index contributed by atoms with van der Waals surface area (Å²) in [6.45, 7) is -1.70. The normalized spacial score (nSPS) is 10.4. The molecule has 0 unspecified atom stereocenters. The van der Waals surface area contributed by atoms with E-state index in [9.17, 15) is 60.7 Å². The fraction of sp³-hybridized carbons (Fsp3) is 0.250. The van der Waals surface area contributed by atoms with Crippen LogP contribution >= 0.6 is 0 Å². The van der Waals surface area contributed by atoms with Crippen molar-refractivity contribution in [3.8, 4) is 0 Å². The maximum Gasteiger partial charge on any atom is 0.446 e. The average Bonchev–Trinajstić information content (AvgIpc) is 3.18. The summed E-state index contributed by atoms with van der Waals surface area (Å²) in [5.74, 6) is -5.31. The van der Waals surface area contributed by atoms with Crippen LogP contribution in [0.1, 0.15) is 0 Å². The van der Waals surface area contributed by atoms with E-state index in [0.717, 1.165) is 0 Å². The van der Waals surface area contributed by atoms with Crippen molar-refractivity contribution in [1.82, 2.24) is 19.6 Å². The largest absolute Gasteiger partial charge is 0.446 e. The van der Waals surface area contributed by atoms with Gasteiger partial charge in [0.25, 0.3) is 0 Å². The van der Waals surface area contributed by atoms with Gasteiger partial charge in [0, 0.05) is 0 Å². The molecular weight excluding hydrogens is 456 g/mol. The van der Waals surface area contributed by atoms with Crippen LogP contribution in [0.3, 0.4) is 0 Å². The van der Waals surface area contributed by atoms with Gasteiger partial charge in [0.2, 0.25) is 0 Å². The van der Waals surface area contributed by atoms with Crippen LogP contribution in [0.15, 0.2) is 0 Å². The number of aryl methyl sites for hydroxylation is 2. The zero-order valence-electron chi connectivity index (χ0n) is 14.7. The van der Waals surface area contributed by atoms with Crippen LogP contribution in [0.5, 0.6) is 0 Å². The van der Waals surface area contributed by atoms with Crippen molar-refractivity contribution in [2.75, 3.05) is 0 Å². The molecule has 2 rings (SSSR count). The molecule has 0 saturated heterocycles. The summed E-state index contributed by atoms with van der Waals surface area (Å²) in [6.07, 6.45) is 0. The third-order valence-corrected chi connectivity index (χ3v) is 3.35. The Morgan fingerprint density at radius 1 is 0.594 bits per heavy atom. The Balaban J connectivity index is 2.58. The smallest absolute Gasteiger partial charge is 0.358 e. The van der Waals surface area contributed by atoms with Crippen molar-refractivity contribution in [3.05, 3.63) is 71.5 Å². The van der Waals surface area contributed by atoms with Crippen molar-refractivity contribution in [3.63, 3.8) is 0 Å². The summed E-state index contributed by atoms with van der Waals surface area (Å²) >= 11 is 0. The second-order valence-corrected chi connectivity index (χ2v) is 5.14. The van der Waals surface area contributed by atoms with Crippen LogP contribution in [0.2, 0.25) is 0 Å². The van der Waals surface area contributed by atoms with Gasteiger partial charge in [0.1, 0.15) is 11.6 Å². The van der Waals surface area contributed by atoms with E-state index < -0.39 is 77.5 Å². The van der Waals surface area contributed by atoms with Gasteiger partial charge in [-0.15, -0.1) is 10.9 Å². The summed E-state index contributed by atoms with van der Waals surface area (Å²) in [7, 11) is 0. The van der Waals surface area contributed by atoms with E-state index in [1.54, 1.807) is 0 Å². The lowest BCUT2D eigenvalue weighted by atomic mass is 10.4. The maximum atomic E-state index is 11.1. The van der Waals surface area contributed by atoms with Gasteiger partial charge in [-0.05, 0) is 33.1 Å². The van der Waals surface area contributed by atoms with Crippen LogP contribution in [-0.4, -0.2) is 49.3 Å². The molecule has 0 fully saturated rings. The van der Waals surface area contributed by atoms with E-state index >= 15 is 0 Å². The fourth-order valence-corrected chi connectivity index (χ4v) is 2.29. The Kier molecular flexibility index (Phi) is 5.98. The van der Waals surface area contributed by atoms with Crippen LogP contribution in [0.25, 0.3) is 10.9 Å². The molecule has 170 valence electrons. The predicted molar refractivity (Wildman–Crippen MR) is 91.1 cm³/mol. The first kappa shape index (κ1) is 22.7. The molecule has 0 atom stereocenters. The Labute approximate surface area is 169 Å². The highest BCUT2D eigenvalue weighted by atomic mass is 16.7. The summed E-state index contributed by atoms with van der Waals surface area (Å²) in [6, 6.07) is 0. The summed E-state index contributed by atoms with van der Waals surface area (Å²) in [4.78, 5) is 60.1. The second-order valence-electron chi connectivity index (χ2n) is 5.14. The highest BCUT2D eigenvalue weighted by Gasteiger charge is 2.36. The molecule has 2 heterocycles. The van der Waals surface area contributed by atoms with E-state index in [2.05, 4.69) is 21.0 Å². The number of rotatable bonds is 11. The Morgan fingerprint density at radius 2 is 0.906 bits per heavy atom. The first-order valence-corrected chi connectivity index (χ1v) is 7.36. The highest BCUT2D eigenvalue weighted by Crippen LogP contribution is 2.40. The lowest BCUT2D eigenvalue weighted by molar-refractivity contribution is -0.430. The van der Waals surface area contributed by atoms with E-state index in [-0.39, 0.29) is 9.36 Å². The van der Waals surface area contributed by atoms with Gasteiger partial charge in [-0.1, -0.05) is 0 Å². The third-order valence-electron chi connectivity index (χ3n) is 3.35. The molecule has 0 bridgehead atoms. The topological polar surface area (TPSA) is 323 Å². The van der Waals surface area contributed by atoms with Crippen molar-refractivity contribution < 1.29 is 29.8 Å². The summed E-state index contributed by atoms with van der Waals surface area (Å²) in [5.41, 5.74) is 2.37. The molecule has 24 nitrogen and oxygen atoms in total. The molecule has 2 aromatic rings. The molecular formula is C8H4N12O12-2. The van der Waals surface area contributed by atoms with Gasteiger partial charge in [-0.25, -0.2) is 0 Å². The minimum atomic E-state index is -1.46. The number of hydrogen-bond donors (Lipinski definition) is 0. The molecule has 0 aliphatic rings. The quantitative estimate of drug-likeness (QED) is 0.330. The highest BCUT2D eigenvalue weighted by molar-refractivity contribution is 5.68. The molecule has 24 heteroatoms. The van der Waals surface area contributed by atoms with Crippen LogP contribution in [-0.2, 0) is 13.1 Å². The number of nitrogens with zero attached hydrogens (tertiary/aromatic N) is 12.